The first-order chi connectivity index (χ1) is 8.50. The molecule has 0 unspecified atom stereocenters. The number of hydrogen-bond donors (Lipinski definition) is 2. The van der Waals surface area contributed by atoms with Gasteiger partial charge < -0.3 is 19.9 Å². The highest BCUT2D eigenvalue weighted by Crippen LogP contribution is 2.10. The fourth-order valence-electron chi connectivity index (χ4n) is 1.76. The summed E-state index contributed by atoms with van der Waals surface area (Å²) in [6.45, 7) is 4.70. The minimum atomic E-state index is -1.02. The standard InChI is InChI=1S/C12H21NO5/c1-8(2)11(12(15)16)13-10(14)7-18-9-3-5-17-6-4-9/h8-9,11H,3-7H2,1-2H3,(H,13,14)(H,15,16)/t11-/m1/s1. The van der Waals surface area contributed by atoms with Crippen LogP contribution >= 0.6 is 0 Å². The molecule has 1 aliphatic rings. The summed E-state index contributed by atoms with van der Waals surface area (Å²) in [6, 6.07) is -0.865. The lowest BCUT2D eigenvalue weighted by Crippen LogP contribution is -2.46. The molecule has 18 heavy (non-hydrogen) atoms. The Hall–Kier alpha value is -1.14. The Morgan fingerprint density at radius 2 is 2.00 bits per heavy atom. The van der Waals surface area contributed by atoms with Crippen molar-refractivity contribution in [1.29, 1.82) is 0 Å². The normalized spacial score (nSPS) is 18.6. The lowest BCUT2D eigenvalue weighted by Gasteiger charge is -2.23. The van der Waals surface area contributed by atoms with Crippen LogP contribution in [0.25, 0.3) is 0 Å². The minimum absolute atomic E-state index is 0.0341. The molecule has 1 heterocycles. The topological polar surface area (TPSA) is 84.9 Å². The van der Waals surface area contributed by atoms with Gasteiger partial charge in [-0.1, -0.05) is 13.8 Å². The van der Waals surface area contributed by atoms with Crippen molar-refractivity contribution in [3.05, 3.63) is 0 Å². The van der Waals surface area contributed by atoms with Crippen LogP contribution in [-0.4, -0.2) is 48.9 Å². The molecule has 1 atom stereocenters. The second kappa shape index (κ2) is 7.33. The van der Waals surface area contributed by atoms with Crippen molar-refractivity contribution in [3.8, 4) is 0 Å². The van der Waals surface area contributed by atoms with Crippen molar-refractivity contribution < 1.29 is 24.2 Å². The van der Waals surface area contributed by atoms with Crippen molar-refractivity contribution >= 4 is 11.9 Å². The Morgan fingerprint density at radius 1 is 1.39 bits per heavy atom. The van der Waals surface area contributed by atoms with Gasteiger partial charge in [0.1, 0.15) is 12.6 Å². The van der Waals surface area contributed by atoms with Crippen LogP contribution in [0.15, 0.2) is 0 Å². The van der Waals surface area contributed by atoms with Gasteiger partial charge in [0.25, 0.3) is 0 Å². The lowest BCUT2D eigenvalue weighted by atomic mass is 10.1. The smallest absolute Gasteiger partial charge is 0.326 e. The Morgan fingerprint density at radius 3 is 2.50 bits per heavy atom. The summed E-state index contributed by atoms with van der Waals surface area (Å²) in [4.78, 5) is 22.5. The van der Waals surface area contributed by atoms with Crippen LogP contribution in [-0.2, 0) is 19.1 Å². The number of carboxylic acid groups (broad SMARTS) is 1. The third-order valence-electron chi connectivity index (χ3n) is 2.87. The van der Waals surface area contributed by atoms with Crippen LogP contribution in [0.5, 0.6) is 0 Å². The van der Waals surface area contributed by atoms with Crippen LogP contribution in [0.3, 0.4) is 0 Å². The van der Waals surface area contributed by atoms with Crippen molar-refractivity contribution in [2.75, 3.05) is 19.8 Å². The van der Waals surface area contributed by atoms with E-state index in [9.17, 15) is 9.59 Å². The van der Waals surface area contributed by atoms with Gasteiger partial charge >= 0.3 is 5.97 Å². The van der Waals surface area contributed by atoms with E-state index in [1.807, 2.05) is 0 Å². The number of amides is 1. The zero-order valence-electron chi connectivity index (χ0n) is 10.8. The van der Waals surface area contributed by atoms with E-state index in [1.54, 1.807) is 13.8 Å². The Labute approximate surface area is 107 Å². The average molecular weight is 259 g/mol. The van der Waals surface area contributed by atoms with Gasteiger partial charge in [0, 0.05) is 13.2 Å². The summed E-state index contributed by atoms with van der Waals surface area (Å²) in [5, 5.41) is 11.4. The molecule has 0 bridgehead atoms. The maximum absolute atomic E-state index is 11.6. The number of rotatable bonds is 6. The lowest BCUT2D eigenvalue weighted by molar-refractivity contribution is -0.144. The molecule has 1 amide bonds. The second-order valence-corrected chi connectivity index (χ2v) is 4.75. The molecule has 0 radical (unpaired) electrons. The maximum Gasteiger partial charge on any atom is 0.326 e. The van der Waals surface area contributed by atoms with Crippen LogP contribution in [0, 0.1) is 5.92 Å². The number of aliphatic carboxylic acids is 1. The summed E-state index contributed by atoms with van der Waals surface area (Å²) in [5.74, 6) is -1.57. The highest BCUT2D eigenvalue weighted by molar-refractivity contribution is 5.84. The molecule has 0 spiro atoms. The van der Waals surface area contributed by atoms with Crippen molar-refractivity contribution in [2.45, 2.75) is 38.8 Å². The summed E-state index contributed by atoms with van der Waals surface area (Å²) in [5.41, 5.74) is 0. The molecule has 0 aliphatic carbocycles. The van der Waals surface area contributed by atoms with Gasteiger partial charge in [0.15, 0.2) is 0 Å². The molecule has 1 rings (SSSR count). The number of carbonyl (C=O) groups excluding carboxylic acids is 1. The quantitative estimate of drug-likeness (QED) is 0.721. The third kappa shape index (κ3) is 5.01. The van der Waals surface area contributed by atoms with Gasteiger partial charge in [-0.05, 0) is 18.8 Å². The van der Waals surface area contributed by atoms with Crippen LogP contribution < -0.4 is 5.32 Å². The molecule has 1 aliphatic heterocycles. The average Bonchev–Trinajstić information content (AvgIpc) is 2.34. The summed E-state index contributed by atoms with van der Waals surface area (Å²) in [7, 11) is 0. The SMILES string of the molecule is CC(C)[C@@H](NC(=O)COC1CCOCC1)C(=O)O. The number of hydrogen-bond acceptors (Lipinski definition) is 4. The van der Waals surface area contributed by atoms with E-state index < -0.39 is 12.0 Å². The van der Waals surface area contributed by atoms with Crippen LogP contribution in [0.4, 0.5) is 0 Å². The van der Waals surface area contributed by atoms with Gasteiger partial charge in [0.2, 0.25) is 5.91 Å². The zero-order valence-corrected chi connectivity index (χ0v) is 10.8. The van der Waals surface area contributed by atoms with Gasteiger partial charge in [-0.15, -0.1) is 0 Å². The summed E-state index contributed by atoms with van der Waals surface area (Å²) < 4.78 is 10.6. The molecule has 0 aromatic heterocycles. The minimum Gasteiger partial charge on any atom is -0.480 e. The van der Waals surface area contributed by atoms with E-state index in [-0.39, 0.29) is 24.5 Å². The van der Waals surface area contributed by atoms with Crippen molar-refractivity contribution in [1.82, 2.24) is 5.32 Å². The van der Waals surface area contributed by atoms with E-state index in [4.69, 9.17) is 14.6 Å². The van der Waals surface area contributed by atoms with Gasteiger partial charge in [0.05, 0.1) is 6.10 Å². The Kier molecular flexibility index (Phi) is 6.07. The van der Waals surface area contributed by atoms with Crippen molar-refractivity contribution in [3.63, 3.8) is 0 Å². The third-order valence-corrected chi connectivity index (χ3v) is 2.87. The molecular weight excluding hydrogens is 238 g/mol. The molecule has 1 saturated heterocycles. The summed E-state index contributed by atoms with van der Waals surface area (Å²) in [6.07, 6.45) is 1.59. The predicted octanol–water partition coefficient (Wildman–Crippen LogP) is 0.407. The Balaban J connectivity index is 2.29. The predicted molar refractivity (Wildman–Crippen MR) is 64.2 cm³/mol. The van der Waals surface area contributed by atoms with Gasteiger partial charge in [-0.25, -0.2) is 4.79 Å². The highest BCUT2D eigenvalue weighted by Gasteiger charge is 2.24. The van der Waals surface area contributed by atoms with Crippen LogP contribution in [0.1, 0.15) is 26.7 Å². The number of carbonyl (C=O) groups is 2. The molecule has 2 N–H and O–H groups in total. The van der Waals surface area contributed by atoms with Gasteiger partial charge in [-0.3, -0.25) is 4.79 Å². The van der Waals surface area contributed by atoms with Crippen LogP contribution in [0.2, 0.25) is 0 Å². The number of carboxylic acids is 1. The molecule has 6 nitrogen and oxygen atoms in total. The molecule has 1 fully saturated rings. The fraction of sp³-hybridized carbons (Fsp3) is 0.833. The first-order valence-corrected chi connectivity index (χ1v) is 6.22. The number of nitrogens with one attached hydrogen (secondary N) is 1. The van der Waals surface area contributed by atoms with Crippen molar-refractivity contribution in [2.24, 2.45) is 5.92 Å². The maximum atomic E-state index is 11.6. The first-order valence-electron chi connectivity index (χ1n) is 6.22. The fourth-order valence-corrected chi connectivity index (χ4v) is 1.76. The van der Waals surface area contributed by atoms with E-state index in [0.29, 0.717) is 13.2 Å². The molecule has 104 valence electrons. The highest BCUT2D eigenvalue weighted by atomic mass is 16.5. The first kappa shape index (κ1) is 14.9. The largest absolute Gasteiger partial charge is 0.480 e. The second-order valence-electron chi connectivity index (χ2n) is 4.75. The van der Waals surface area contributed by atoms with Gasteiger partial charge in [-0.2, -0.15) is 0 Å². The molecule has 0 aromatic rings. The van der Waals surface area contributed by atoms with E-state index >= 15 is 0 Å². The molecule has 6 heteroatoms. The zero-order chi connectivity index (χ0) is 13.5. The monoisotopic (exact) mass is 259 g/mol. The van der Waals surface area contributed by atoms with E-state index in [2.05, 4.69) is 5.32 Å². The Bertz CT molecular complexity index is 286. The molecule has 0 saturated carbocycles. The number of ether oxygens (including phenoxy) is 2. The van der Waals surface area contributed by atoms with E-state index in [0.717, 1.165) is 12.8 Å². The molecular formula is C12H21NO5. The van der Waals surface area contributed by atoms with E-state index in [1.165, 1.54) is 0 Å². The molecule has 0 aromatic carbocycles. The summed E-state index contributed by atoms with van der Waals surface area (Å²) >= 11 is 0.